The lowest BCUT2D eigenvalue weighted by molar-refractivity contribution is 0.0926. The van der Waals surface area contributed by atoms with Gasteiger partial charge in [0.25, 0.3) is 11.8 Å². The van der Waals surface area contributed by atoms with Crippen molar-refractivity contribution in [3.8, 4) is 0 Å². The van der Waals surface area contributed by atoms with Crippen molar-refractivity contribution in [3.05, 3.63) is 59.9 Å². The fraction of sp³-hybridized carbons (Fsp3) is 0. The molecular formula is C18H11N7O3S. The summed E-state index contributed by atoms with van der Waals surface area (Å²) in [7, 11) is 0. The second-order valence-electron chi connectivity index (χ2n) is 6.08. The number of anilines is 3. The fourth-order valence-corrected chi connectivity index (χ4v) is 3.99. The van der Waals surface area contributed by atoms with Crippen LogP contribution < -0.4 is 15.5 Å². The molecule has 0 saturated carbocycles. The molecule has 5 rings (SSSR count). The number of nitrogens with one attached hydrogen (secondary N) is 3. The van der Waals surface area contributed by atoms with E-state index in [0.29, 0.717) is 27.0 Å². The number of aromatic nitrogens is 4. The van der Waals surface area contributed by atoms with E-state index >= 15 is 0 Å². The molecular weight excluding hydrogens is 394 g/mol. The Morgan fingerprint density at radius 2 is 1.79 bits per heavy atom. The molecule has 0 unspecified atom stereocenters. The van der Waals surface area contributed by atoms with Gasteiger partial charge in [-0.15, -0.1) is 0 Å². The Hall–Kier alpha value is -4.12. The molecule has 3 heterocycles. The van der Waals surface area contributed by atoms with Crippen LogP contribution in [0.15, 0.2) is 48.8 Å². The molecule has 3 N–H and O–H groups in total. The average molecular weight is 405 g/mol. The highest BCUT2D eigenvalue weighted by Gasteiger charge is 2.38. The first-order chi connectivity index (χ1) is 14.1. The first-order valence-corrected chi connectivity index (χ1v) is 9.23. The van der Waals surface area contributed by atoms with Crippen LogP contribution in [-0.4, -0.2) is 38.0 Å². The van der Waals surface area contributed by atoms with Gasteiger partial charge in [-0.05, 0) is 30.3 Å². The second kappa shape index (κ2) is 6.49. The van der Waals surface area contributed by atoms with Crippen molar-refractivity contribution in [2.45, 2.75) is 0 Å². The Kier molecular flexibility index (Phi) is 3.81. The van der Waals surface area contributed by atoms with Crippen molar-refractivity contribution >= 4 is 56.2 Å². The maximum atomic E-state index is 12.6. The standard InChI is InChI=1S/C18H11N7O3S/c26-14-10-3-1-2-4-11(10)15(27)25(14)18-22-12-6-5-9(7-13(12)29-18)21-17(28)23-16-19-8-20-24-16/h1-8H,(H3,19,20,21,23,24,28). The van der Waals surface area contributed by atoms with Crippen LogP contribution in [0.5, 0.6) is 0 Å². The van der Waals surface area contributed by atoms with Gasteiger partial charge in [0.05, 0.1) is 21.3 Å². The maximum Gasteiger partial charge on any atom is 0.326 e. The molecule has 1 aliphatic heterocycles. The molecule has 2 aromatic heterocycles. The molecule has 0 aliphatic carbocycles. The van der Waals surface area contributed by atoms with Gasteiger partial charge >= 0.3 is 6.03 Å². The fourth-order valence-electron chi connectivity index (χ4n) is 2.98. The van der Waals surface area contributed by atoms with Crippen molar-refractivity contribution in [3.63, 3.8) is 0 Å². The third-order valence-corrected chi connectivity index (χ3v) is 5.27. The van der Waals surface area contributed by atoms with Gasteiger partial charge in [-0.2, -0.15) is 10.1 Å². The summed E-state index contributed by atoms with van der Waals surface area (Å²) < 4.78 is 0.717. The Balaban J connectivity index is 1.41. The summed E-state index contributed by atoms with van der Waals surface area (Å²) in [4.78, 5) is 46.6. The van der Waals surface area contributed by atoms with Crippen LogP contribution in [0, 0.1) is 0 Å². The topological polar surface area (TPSA) is 133 Å². The Labute approximate surface area is 166 Å². The lowest BCUT2D eigenvalue weighted by Crippen LogP contribution is -2.29. The number of amides is 4. The zero-order valence-electron chi connectivity index (χ0n) is 14.5. The van der Waals surface area contributed by atoms with E-state index in [4.69, 9.17) is 0 Å². The summed E-state index contributed by atoms with van der Waals surface area (Å²) in [6, 6.07) is 11.3. The molecule has 0 fully saturated rings. The smallest absolute Gasteiger partial charge is 0.308 e. The van der Waals surface area contributed by atoms with Crippen LogP contribution in [0.3, 0.4) is 0 Å². The van der Waals surface area contributed by atoms with Gasteiger partial charge in [0, 0.05) is 5.69 Å². The molecule has 2 aromatic carbocycles. The normalized spacial score (nSPS) is 13.0. The second-order valence-corrected chi connectivity index (χ2v) is 7.09. The van der Waals surface area contributed by atoms with Crippen LogP contribution in [-0.2, 0) is 0 Å². The summed E-state index contributed by atoms with van der Waals surface area (Å²) in [6.45, 7) is 0. The highest BCUT2D eigenvalue weighted by atomic mass is 32.1. The average Bonchev–Trinajstić information content (AvgIpc) is 3.41. The molecule has 4 amide bonds. The third-order valence-electron chi connectivity index (χ3n) is 4.27. The predicted molar refractivity (Wildman–Crippen MR) is 106 cm³/mol. The van der Waals surface area contributed by atoms with E-state index in [2.05, 4.69) is 30.8 Å². The molecule has 4 aromatic rings. The first kappa shape index (κ1) is 17.0. The quantitative estimate of drug-likeness (QED) is 0.449. The van der Waals surface area contributed by atoms with E-state index in [0.717, 1.165) is 4.90 Å². The molecule has 0 spiro atoms. The maximum absolute atomic E-state index is 12.6. The zero-order valence-corrected chi connectivity index (χ0v) is 15.4. The summed E-state index contributed by atoms with van der Waals surface area (Å²) in [6.07, 6.45) is 1.28. The molecule has 0 atom stereocenters. The molecule has 142 valence electrons. The number of fused-ring (bicyclic) bond motifs is 2. The van der Waals surface area contributed by atoms with Crippen LogP contribution in [0.25, 0.3) is 10.2 Å². The monoisotopic (exact) mass is 405 g/mol. The van der Waals surface area contributed by atoms with Gasteiger partial charge in [0.15, 0.2) is 0 Å². The molecule has 0 saturated heterocycles. The van der Waals surface area contributed by atoms with E-state index in [1.807, 2.05) is 0 Å². The minimum absolute atomic E-state index is 0.217. The van der Waals surface area contributed by atoms with Crippen molar-refractivity contribution in [1.82, 2.24) is 20.2 Å². The number of carbonyl (C=O) groups is 3. The van der Waals surface area contributed by atoms with E-state index < -0.39 is 17.8 Å². The number of urea groups is 1. The number of rotatable bonds is 3. The number of thiazole rings is 1. The molecule has 10 nitrogen and oxygen atoms in total. The Morgan fingerprint density at radius 1 is 1.03 bits per heavy atom. The van der Waals surface area contributed by atoms with Gasteiger partial charge in [-0.3, -0.25) is 14.9 Å². The van der Waals surface area contributed by atoms with Gasteiger partial charge in [0.1, 0.15) is 6.33 Å². The SMILES string of the molecule is O=C(Nc1ccc2nc(N3C(=O)c4ccccc4C3=O)sc2c1)Nc1ncn[nH]1. The van der Waals surface area contributed by atoms with Crippen molar-refractivity contribution in [2.24, 2.45) is 0 Å². The van der Waals surface area contributed by atoms with Gasteiger partial charge in [0.2, 0.25) is 11.1 Å². The number of hydrogen-bond acceptors (Lipinski definition) is 7. The summed E-state index contributed by atoms with van der Waals surface area (Å²) >= 11 is 1.19. The van der Waals surface area contributed by atoms with Crippen molar-refractivity contribution in [1.29, 1.82) is 0 Å². The lowest BCUT2D eigenvalue weighted by Gasteiger charge is -2.08. The minimum atomic E-state index is -0.494. The van der Waals surface area contributed by atoms with E-state index in [1.165, 1.54) is 17.7 Å². The van der Waals surface area contributed by atoms with Crippen molar-refractivity contribution < 1.29 is 14.4 Å². The molecule has 1 aliphatic rings. The summed E-state index contributed by atoms with van der Waals surface area (Å²) in [5.74, 6) is -0.571. The Bertz CT molecular complexity index is 1250. The molecule has 29 heavy (non-hydrogen) atoms. The van der Waals surface area contributed by atoms with E-state index in [9.17, 15) is 14.4 Å². The number of H-pyrrole nitrogens is 1. The number of benzene rings is 2. The summed E-state index contributed by atoms with van der Waals surface area (Å²) in [5.41, 5.74) is 1.86. The number of imide groups is 1. The molecule has 0 bridgehead atoms. The van der Waals surface area contributed by atoms with Crippen LogP contribution in [0.2, 0.25) is 0 Å². The zero-order chi connectivity index (χ0) is 20.0. The van der Waals surface area contributed by atoms with Crippen LogP contribution >= 0.6 is 11.3 Å². The highest BCUT2D eigenvalue weighted by Crippen LogP contribution is 2.35. The number of hydrogen-bond donors (Lipinski definition) is 3. The van der Waals surface area contributed by atoms with E-state index in [1.54, 1.807) is 42.5 Å². The Morgan fingerprint density at radius 3 is 2.48 bits per heavy atom. The third kappa shape index (κ3) is 2.89. The number of carbonyl (C=O) groups excluding carboxylic acids is 3. The predicted octanol–water partition coefficient (Wildman–Crippen LogP) is 2.86. The largest absolute Gasteiger partial charge is 0.326 e. The molecule has 11 heteroatoms. The van der Waals surface area contributed by atoms with Gasteiger partial charge in [-0.25, -0.2) is 19.8 Å². The lowest BCUT2D eigenvalue weighted by atomic mass is 10.1. The minimum Gasteiger partial charge on any atom is -0.308 e. The number of nitrogens with zero attached hydrogens (tertiary/aromatic N) is 4. The summed E-state index contributed by atoms with van der Waals surface area (Å²) in [5, 5.41) is 11.6. The van der Waals surface area contributed by atoms with E-state index in [-0.39, 0.29) is 11.1 Å². The molecule has 0 radical (unpaired) electrons. The first-order valence-electron chi connectivity index (χ1n) is 8.42. The van der Waals surface area contributed by atoms with Gasteiger partial charge < -0.3 is 5.32 Å². The van der Waals surface area contributed by atoms with Gasteiger partial charge in [-0.1, -0.05) is 23.5 Å². The van der Waals surface area contributed by atoms with Crippen molar-refractivity contribution in [2.75, 3.05) is 15.5 Å². The number of aromatic amines is 1. The van der Waals surface area contributed by atoms with Crippen LogP contribution in [0.4, 0.5) is 21.6 Å². The van der Waals surface area contributed by atoms with Crippen LogP contribution in [0.1, 0.15) is 20.7 Å². The highest BCUT2D eigenvalue weighted by molar-refractivity contribution is 7.22.